The van der Waals surface area contributed by atoms with E-state index in [9.17, 15) is 37.6 Å². The van der Waals surface area contributed by atoms with Crippen molar-refractivity contribution in [2.24, 2.45) is 11.8 Å². The zero-order valence-corrected chi connectivity index (χ0v) is 22.0. The van der Waals surface area contributed by atoms with E-state index in [4.69, 9.17) is 0 Å². The minimum Gasteiger partial charge on any atom is -0.336 e. The molecule has 1 spiro atoms. The van der Waals surface area contributed by atoms with Gasteiger partial charge in [-0.3, -0.25) is 19.2 Å². The molecule has 2 heterocycles. The molecular formula is C27H32F3N5O4. The van der Waals surface area contributed by atoms with E-state index in [1.165, 1.54) is 11.9 Å². The lowest BCUT2D eigenvalue weighted by Crippen LogP contribution is -2.57. The molecule has 2 fully saturated rings. The van der Waals surface area contributed by atoms with E-state index in [2.05, 4.69) is 11.4 Å². The lowest BCUT2D eigenvalue weighted by Gasteiger charge is -2.35. The van der Waals surface area contributed by atoms with Crippen LogP contribution >= 0.6 is 0 Å². The number of likely N-dealkylation sites (N-methyl/N-ethyl adjacent to an activating group) is 1. The number of nitrogens with zero attached hydrogens (tertiary/aromatic N) is 3. The fourth-order valence-corrected chi connectivity index (χ4v) is 5.60. The van der Waals surface area contributed by atoms with Gasteiger partial charge < -0.3 is 20.4 Å². The van der Waals surface area contributed by atoms with Crippen LogP contribution in [0.25, 0.3) is 0 Å². The van der Waals surface area contributed by atoms with Gasteiger partial charge in [0.1, 0.15) is 18.1 Å². The Morgan fingerprint density at radius 3 is 2.51 bits per heavy atom. The first-order valence-electron chi connectivity index (χ1n) is 13.0. The molecule has 1 aromatic rings. The molecule has 1 saturated carbocycles. The highest BCUT2D eigenvalue weighted by molar-refractivity contribution is 6.07. The van der Waals surface area contributed by atoms with E-state index in [1.54, 1.807) is 24.3 Å². The number of anilines is 1. The maximum atomic E-state index is 14.0. The molecule has 12 heteroatoms. The topological polar surface area (TPSA) is 123 Å². The Kier molecular flexibility index (Phi) is 7.65. The first kappa shape index (κ1) is 28.4. The number of nitrogens with one attached hydrogen (secondary N) is 2. The van der Waals surface area contributed by atoms with Crippen molar-refractivity contribution in [3.05, 3.63) is 29.8 Å². The summed E-state index contributed by atoms with van der Waals surface area (Å²) < 4.78 is 39.0. The molecule has 1 unspecified atom stereocenters. The predicted molar refractivity (Wildman–Crippen MR) is 134 cm³/mol. The lowest BCUT2D eigenvalue weighted by atomic mass is 9.80. The molecule has 0 bridgehead atoms. The van der Waals surface area contributed by atoms with Gasteiger partial charge in [0.25, 0.3) is 0 Å². The van der Waals surface area contributed by atoms with Crippen molar-refractivity contribution in [3.63, 3.8) is 0 Å². The zero-order chi connectivity index (χ0) is 28.7. The maximum absolute atomic E-state index is 14.0. The highest BCUT2D eigenvalue weighted by atomic mass is 19.4. The zero-order valence-electron chi connectivity index (χ0n) is 22.0. The Morgan fingerprint density at radius 2 is 1.92 bits per heavy atom. The first-order chi connectivity index (χ1) is 18.3. The van der Waals surface area contributed by atoms with Gasteiger partial charge >= 0.3 is 12.1 Å². The molecule has 2 N–H and O–H groups in total. The van der Waals surface area contributed by atoms with Gasteiger partial charge in [0.05, 0.1) is 11.5 Å². The number of halogens is 3. The summed E-state index contributed by atoms with van der Waals surface area (Å²) >= 11 is 0. The van der Waals surface area contributed by atoms with Crippen LogP contribution in [0.15, 0.2) is 24.3 Å². The number of nitriles is 1. The van der Waals surface area contributed by atoms with Gasteiger partial charge in [0, 0.05) is 25.7 Å². The SMILES string of the molecule is CC(C)C[C@@H](C(=O)N1C[C@]2(C[C@H]1C#N)C(=O)Nc1ccccc12)N(C)C(=O)C(CC1CC1)NC(=O)C(F)(F)F. The van der Waals surface area contributed by atoms with Crippen molar-refractivity contribution in [1.29, 1.82) is 5.26 Å². The number of alkyl halides is 3. The number of benzene rings is 1. The Labute approximate surface area is 224 Å². The van der Waals surface area contributed by atoms with E-state index in [1.807, 2.05) is 19.2 Å². The third-order valence-corrected chi connectivity index (χ3v) is 7.84. The molecule has 4 amide bonds. The molecule has 0 aromatic heterocycles. The van der Waals surface area contributed by atoms with Gasteiger partial charge in [-0.2, -0.15) is 18.4 Å². The number of fused-ring (bicyclic) bond motifs is 2. The van der Waals surface area contributed by atoms with Crippen molar-refractivity contribution in [2.75, 3.05) is 18.9 Å². The Morgan fingerprint density at radius 1 is 1.26 bits per heavy atom. The lowest BCUT2D eigenvalue weighted by molar-refractivity contribution is -0.175. The summed E-state index contributed by atoms with van der Waals surface area (Å²) in [5.41, 5.74) is 0.185. The average Bonchev–Trinajstić information content (AvgIpc) is 3.54. The largest absolute Gasteiger partial charge is 0.471 e. The van der Waals surface area contributed by atoms with Crippen LogP contribution in [0.5, 0.6) is 0 Å². The van der Waals surface area contributed by atoms with E-state index in [-0.39, 0.29) is 43.6 Å². The van der Waals surface area contributed by atoms with E-state index >= 15 is 0 Å². The highest BCUT2D eigenvalue weighted by Gasteiger charge is 2.57. The standard InChI is InChI=1S/C27H32F3N5O4/c1-15(2)10-21(34(3)22(36)20(11-16-8-9-16)33-25(39)27(28,29)30)23(37)35-14-26(12-17(35)13-31)18-6-4-5-7-19(18)32-24(26)38/h4-7,15-17,20-21H,8-12,14H2,1-3H3,(H,32,38)(H,33,39)/t17-,20?,21-,26-/m0/s1. The quantitative estimate of drug-likeness (QED) is 0.518. The summed E-state index contributed by atoms with van der Waals surface area (Å²) in [4.78, 5) is 54.6. The van der Waals surface area contributed by atoms with Crippen molar-refractivity contribution in [2.45, 2.75) is 75.7 Å². The van der Waals surface area contributed by atoms with Gasteiger partial charge in [-0.15, -0.1) is 0 Å². The van der Waals surface area contributed by atoms with Crippen LogP contribution in [0.3, 0.4) is 0 Å². The van der Waals surface area contributed by atoms with Crippen LogP contribution in [0, 0.1) is 23.2 Å². The van der Waals surface area contributed by atoms with E-state index < -0.39 is 47.4 Å². The smallest absolute Gasteiger partial charge is 0.336 e. The van der Waals surface area contributed by atoms with Crippen LogP contribution in [0.1, 0.15) is 51.5 Å². The molecule has 3 aliphatic rings. The molecule has 4 rings (SSSR count). The Bertz CT molecular complexity index is 1210. The van der Waals surface area contributed by atoms with Gasteiger partial charge in [-0.05, 0) is 36.3 Å². The number of hydrogen-bond acceptors (Lipinski definition) is 5. The minimum absolute atomic E-state index is 0.0162. The summed E-state index contributed by atoms with van der Waals surface area (Å²) in [5.74, 6) is -3.96. The highest BCUT2D eigenvalue weighted by Crippen LogP contribution is 2.46. The summed E-state index contributed by atoms with van der Waals surface area (Å²) in [6.45, 7) is 3.60. The van der Waals surface area contributed by atoms with E-state index in [0.29, 0.717) is 11.3 Å². The molecule has 9 nitrogen and oxygen atoms in total. The Balaban J connectivity index is 1.60. The second kappa shape index (κ2) is 10.5. The van der Waals surface area contributed by atoms with Gasteiger partial charge in [0.15, 0.2) is 0 Å². The molecule has 1 aliphatic carbocycles. The Hall–Kier alpha value is -3.62. The average molecular weight is 548 g/mol. The van der Waals surface area contributed by atoms with Crippen LogP contribution in [0.4, 0.5) is 18.9 Å². The van der Waals surface area contributed by atoms with Crippen LogP contribution in [-0.2, 0) is 24.6 Å². The molecule has 210 valence electrons. The van der Waals surface area contributed by atoms with Crippen molar-refractivity contribution in [3.8, 4) is 6.07 Å². The number of rotatable bonds is 8. The number of carbonyl (C=O) groups is 4. The second-order valence-electron chi connectivity index (χ2n) is 11.2. The number of likely N-dealkylation sites (tertiary alicyclic amines) is 1. The summed E-state index contributed by atoms with van der Waals surface area (Å²) in [7, 11) is 1.33. The first-order valence-corrected chi connectivity index (χ1v) is 13.0. The second-order valence-corrected chi connectivity index (χ2v) is 11.2. The normalized spacial score (nSPS) is 23.7. The molecule has 2 aliphatic heterocycles. The molecular weight excluding hydrogens is 515 g/mol. The molecule has 4 atom stereocenters. The van der Waals surface area contributed by atoms with Crippen LogP contribution in [-0.4, -0.2) is 71.3 Å². The van der Waals surface area contributed by atoms with Crippen molar-refractivity contribution < 1.29 is 32.3 Å². The van der Waals surface area contributed by atoms with Crippen molar-refractivity contribution >= 4 is 29.3 Å². The van der Waals surface area contributed by atoms with Gasteiger partial charge in [-0.25, -0.2) is 0 Å². The maximum Gasteiger partial charge on any atom is 0.471 e. The third kappa shape index (κ3) is 5.58. The van der Waals surface area contributed by atoms with Gasteiger partial charge in [0.2, 0.25) is 17.7 Å². The molecule has 1 saturated heterocycles. The predicted octanol–water partition coefficient (Wildman–Crippen LogP) is 2.72. The summed E-state index contributed by atoms with van der Waals surface area (Å²) in [6.07, 6.45) is -3.38. The van der Waals surface area contributed by atoms with Crippen LogP contribution < -0.4 is 10.6 Å². The minimum atomic E-state index is -5.16. The van der Waals surface area contributed by atoms with E-state index in [0.717, 1.165) is 17.7 Å². The van der Waals surface area contributed by atoms with Crippen molar-refractivity contribution in [1.82, 2.24) is 15.1 Å². The third-order valence-electron chi connectivity index (χ3n) is 7.84. The summed E-state index contributed by atoms with van der Waals surface area (Å²) in [5, 5.41) is 14.6. The fraction of sp³-hybridized carbons (Fsp3) is 0.593. The molecule has 0 radical (unpaired) electrons. The summed E-state index contributed by atoms with van der Waals surface area (Å²) in [6, 6.07) is 5.70. The molecule has 1 aromatic carbocycles. The fourth-order valence-electron chi connectivity index (χ4n) is 5.60. The monoisotopic (exact) mass is 547 g/mol. The van der Waals surface area contributed by atoms with Gasteiger partial charge in [-0.1, -0.05) is 44.9 Å². The number of carbonyl (C=O) groups excluding carboxylic acids is 4. The van der Waals surface area contributed by atoms with Crippen LogP contribution in [0.2, 0.25) is 0 Å². The number of para-hydroxylation sites is 1. The number of hydrogen-bond donors (Lipinski definition) is 2. The molecule has 39 heavy (non-hydrogen) atoms. The number of amides is 4.